The van der Waals surface area contributed by atoms with Crippen LogP contribution < -0.4 is 15.5 Å². The molecule has 0 bridgehead atoms. The summed E-state index contributed by atoms with van der Waals surface area (Å²) in [6.45, 7) is 8.36. The van der Waals surface area contributed by atoms with Crippen molar-refractivity contribution in [2.24, 2.45) is 0 Å². The third kappa shape index (κ3) is 3.20. The van der Waals surface area contributed by atoms with Crippen LogP contribution in [0.4, 0.5) is 10.1 Å². The smallest absolute Gasteiger partial charge is 0.489 e. The van der Waals surface area contributed by atoms with Crippen molar-refractivity contribution in [1.29, 1.82) is 0 Å². The van der Waals surface area contributed by atoms with Gasteiger partial charge in [-0.3, -0.25) is 0 Å². The lowest BCUT2D eigenvalue weighted by Gasteiger charge is -2.32. The van der Waals surface area contributed by atoms with Gasteiger partial charge in [-0.15, -0.1) is 0 Å². The molecule has 1 unspecified atom stereocenters. The van der Waals surface area contributed by atoms with Gasteiger partial charge in [0.2, 0.25) is 0 Å². The minimum atomic E-state index is -0.456. The van der Waals surface area contributed by atoms with Crippen molar-refractivity contribution in [3.63, 3.8) is 0 Å². The van der Waals surface area contributed by atoms with E-state index in [2.05, 4.69) is 5.32 Å². The van der Waals surface area contributed by atoms with Crippen molar-refractivity contribution in [3.8, 4) is 5.75 Å². The number of hydrogen-bond donors (Lipinski definition) is 1. The number of anilines is 1. The standard InChI is InChI=1S/C20H22BClFNO3/c1-19(2)20(3,4)27-21(26-19)12-8-9-15-17(10-12)25-11-16(24-15)18-13(22)6-5-7-14(18)23/h5-10,16,24H,11H2,1-4H3. The van der Waals surface area contributed by atoms with Crippen LogP contribution in [0.15, 0.2) is 36.4 Å². The summed E-state index contributed by atoms with van der Waals surface area (Å²) in [6, 6.07) is 10.1. The van der Waals surface area contributed by atoms with Gasteiger partial charge in [0.25, 0.3) is 0 Å². The fourth-order valence-electron chi connectivity index (χ4n) is 3.30. The minimum absolute atomic E-state index is 0.278. The predicted octanol–water partition coefficient (Wildman–Crippen LogP) is 4.32. The molecule has 0 spiro atoms. The highest BCUT2D eigenvalue weighted by molar-refractivity contribution is 6.62. The molecule has 1 N–H and O–H groups in total. The van der Waals surface area contributed by atoms with Crippen molar-refractivity contribution in [2.75, 3.05) is 11.9 Å². The summed E-state index contributed by atoms with van der Waals surface area (Å²) in [5, 5.41) is 3.70. The van der Waals surface area contributed by atoms with Crippen LogP contribution in [-0.4, -0.2) is 24.9 Å². The average molecular weight is 390 g/mol. The Morgan fingerprint density at radius 2 is 1.81 bits per heavy atom. The number of nitrogens with one attached hydrogen (secondary N) is 1. The topological polar surface area (TPSA) is 39.7 Å². The quantitative estimate of drug-likeness (QED) is 0.776. The van der Waals surface area contributed by atoms with Crippen LogP contribution in [0.25, 0.3) is 0 Å². The summed E-state index contributed by atoms with van der Waals surface area (Å²) in [4.78, 5) is 0. The van der Waals surface area contributed by atoms with E-state index in [1.54, 1.807) is 12.1 Å². The monoisotopic (exact) mass is 389 g/mol. The Labute approximate surface area is 164 Å². The van der Waals surface area contributed by atoms with Crippen LogP contribution >= 0.6 is 11.6 Å². The van der Waals surface area contributed by atoms with Crippen LogP contribution in [0.1, 0.15) is 39.3 Å². The second-order valence-electron chi connectivity index (χ2n) is 7.99. The highest BCUT2D eigenvalue weighted by atomic mass is 35.5. The molecule has 1 fully saturated rings. The molecule has 2 aromatic rings. The lowest BCUT2D eigenvalue weighted by Crippen LogP contribution is -2.41. The molecule has 7 heteroatoms. The summed E-state index contributed by atoms with van der Waals surface area (Å²) in [5.41, 5.74) is 1.28. The highest BCUT2D eigenvalue weighted by Crippen LogP contribution is 2.39. The number of fused-ring (bicyclic) bond motifs is 1. The van der Waals surface area contributed by atoms with E-state index in [0.29, 0.717) is 16.3 Å². The summed E-state index contributed by atoms with van der Waals surface area (Å²) in [6.07, 6.45) is 0. The Balaban J connectivity index is 1.58. The van der Waals surface area contributed by atoms with E-state index >= 15 is 0 Å². The molecule has 0 aromatic heterocycles. The van der Waals surface area contributed by atoms with Crippen molar-refractivity contribution in [2.45, 2.75) is 44.9 Å². The third-order valence-electron chi connectivity index (χ3n) is 5.61. The molecule has 2 aliphatic rings. The molecule has 0 amide bonds. The van der Waals surface area contributed by atoms with Gasteiger partial charge < -0.3 is 19.4 Å². The Kier molecular flexibility index (Phi) is 4.41. The molecule has 4 rings (SSSR count). The first-order valence-corrected chi connectivity index (χ1v) is 9.38. The van der Waals surface area contributed by atoms with Gasteiger partial charge in [0.15, 0.2) is 0 Å². The predicted molar refractivity (Wildman–Crippen MR) is 105 cm³/mol. The van der Waals surface area contributed by atoms with Crippen molar-refractivity contribution < 1.29 is 18.4 Å². The van der Waals surface area contributed by atoms with E-state index in [-0.39, 0.29) is 18.5 Å². The van der Waals surface area contributed by atoms with Gasteiger partial charge in [0.1, 0.15) is 18.2 Å². The number of rotatable bonds is 2. The van der Waals surface area contributed by atoms with E-state index in [4.69, 9.17) is 25.6 Å². The molecule has 2 heterocycles. The maximum Gasteiger partial charge on any atom is 0.494 e. The summed E-state index contributed by atoms with van der Waals surface area (Å²) in [5.74, 6) is 0.340. The highest BCUT2D eigenvalue weighted by Gasteiger charge is 2.51. The molecule has 2 aliphatic heterocycles. The average Bonchev–Trinajstić information content (AvgIpc) is 2.82. The Morgan fingerprint density at radius 1 is 1.11 bits per heavy atom. The lowest BCUT2D eigenvalue weighted by atomic mass is 9.79. The molecular formula is C20H22BClFNO3. The lowest BCUT2D eigenvalue weighted by molar-refractivity contribution is 0.00578. The van der Waals surface area contributed by atoms with E-state index in [0.717, 1.165) is 11.2 Å². The molecule has 1 atom stereocenters. The van der Waals surface area contributed by atoms with Crippen molar-refractivity contribution in [1.82, 2.24) is 0 Å². The maximum absolute atomic E-state index is 14.2. The molecule has 0 radical (unpaired) electrons. The van der Waals surface area contributed by atoms with E-state index in [1.165, 1.54) is 6.07 Å². The van der Waals surface area contributed by atoms with Crippen LogP contribution in [0, 0.1) is 5.82 Å². The molecule has 27 heavy (non-hydrogen) atoms. The van der Waals surface area contributed by atoms with Crippen molar-refractivity contribution >= 4 is 29.9 Å². The summed E-state index contributed by atoms with van der Waals surface area (Å²) >= 11 is 6.19. The Bertz CT molecular complexity index is 853. The molecular weight excluding hydrogens is 367 g/mol. The van der Waals surface area contributed by atoms with Crippen LogP contribution in [-0.2, 0) is 9.31 Å². The van der Waals surface area contributed by atoms with E-state index in [1.807, 2.05) is 45.9 Å². The van der Waals surface area contributed by atoms with Gasteiger partial charge in [-0.1, -0.05) is 23.7 Å². The number of halogens is 2. The van der Waals surface area contributed by atoms with Crippen LogP contribution in [0.3, 0.4) is 0 Å². The van der Waals surface area contributed by atoms with Gasteiger partial charge in [-0.2, -0.15) is 0 Å². The van der Waals surface area contributed by atoms with Crippen LogP contribution in [0.2, 0.25) is 5.02 Å². The second kappa shape index (κ2) is 6.40. The fraction of sp³-hybridized carbons (Fsp3) is 0.400. The largest absolute Gasteiger partial charge is 0.494 e. The first-order valence-electron chi connectivity index (χ1n) is 9.01. The first kappa shape index (κ1) is 18.6. The normalized spacial score (nSPS) is 22.7. The zero-order valence-corrected chi connectivity index (χ0v) is 16.6. The second-order valence-corrected chi connectivity index (χ2v) is 8.39. The van der Waals surface area contributed by atoms with Crippen molar-refractivity contribution in [3.05, 3.63) is 52.8 Å². The van der Waals surface area contributed by atoms with E-state index < -0.39 is 18.3 Å². The van der Waals surface area contributed by atoms with Crippen LogP contribution in [0.5, 0.6) is 5.75 Å². The number of hydrogen-bond acceptors (Lipinski definition) is 4. The first-order chi connectivity index (χ1) is 12.7. The molecule has 0 aliphatic carbocycles. The van der Waals surface area contributed by atoms with E-state index in [9.17, 15) is 4.39 Å². The zero-order chi connectivity index (χ0) is 19.4. The van der Waals surface area contributed by atoms with Gasteiger partial charge in [0.05, 0.1) is 22.9 Å². The van der Waals surface area contributed by atoms with Gasteiger partial charge in [-0.25, -0.2) is 4.39 Å². The van der Waals surface area contributed by atoms with Gasteiger partial charge in [0, 0.05) is 10.6 Å². The molecule has 1 saturated heterocycles. The third-order valence-corrected chi connectivity index (χ3v) is 5.94. The molecule has 2 aromatic carbocycles. The number of ether oxygens (including phenoxy) is 1. The summed E-state index contributed by atoms with van der Waals surface area (Å²) in [7, 11) is -0.456. The number of benzene rings is 2. The summed E-state index contributed by atoms with van der Waals surface area (Å²) < 4.78 is 32.3. The Morgan fingerprint density at radius 3 is 2.48 bits per heavy atom. The van der Waals surface area contributed by atoms with Gasteiger partial charge in [-0.05, 0) is 57.4 Å². The minimum Gasteiger partial charge on any atom is -0.489 e. The molecule has 4 nitrogen and oxygen atoms in total. The fourth-order valence-corrected chi connectivity index (χ4v) is 3.60. The maximum atomic E-state index is 14.2. The molecule has 142 valence electrons. The zero-order valence-electron chi connectivity index (χ0n) is 15.8. The molecule has 0 saturated carbocycles. The van der Waals surface area contributed by atoms with Gasteiger partial charge >= 0.3 is 7.12 Å². The SMILES string of the molecule is CC1(C)OB(c2ccc3c(c2)OCC(c2c(F)cccc2Cl)N3)OC1(C)C. The Hall–Kier alpha value is -1.76.